The summed E-state index contributed by atoms with van der Waals surface area (Å²) in [5.41, 5.74) is 1.71. The Morgan fingerprint density at radius 3 is 3.04 bits per heavy atom. The van der Waals surface area contributed by atoms with Crippen LogP contribution in [0.3, 0.4) is 0 Å². The lowest BCUT2D eigenvalue weighted by Crippen LogP contribution is -2.31. The fourth-order valence-corrected chi connectivity index (χ4v) is 3.68. The zero-order chi connectivity index (χ0) is 16.4. The fraction of sp³-hybridized carbons (Fsp3) is 0.438. The smallest absolute Gasteiger partial charge is 0.186 e. The standard InChI is InChI=1S/C16H19N5O2S/c22-6-4-16(5-7-23-11-16)10-17-13-1-2-14-18-19-15(21(14)20-13)12-3-8-24-9-12/h1-3,8-9,22H,4-7,10-11H2,(H,17,20). The second kappa shape index (κ2) is 6.46. The van der Waals surface area contributed by atoms with Gasteiger partial charge in [0.15, 0.2) is 11.5 Å². The van der Waals surface area contributed by atoms with Crippen LogP contribution >= 0.6 is 11.3 Å². The topological polar surface area (TPSA) is 84.6 Å². The number of ether oxygens (including phenoxy) is 1. The predicted molar refractivity (Wildman–Crippen MR) is 92.2 cm³/mol. The normalized spacial score (nSPS) is 20.7. The third-order valence-corrected chi connectivity index (χ3v) is 5.20. The van der Waals surface area contributed by atoms with E-state index in [2.05, 4.69) is 20.6 Å². The van der Waals surface area contributed by atoms with Gasteiger partial charge in [-0.05, 0) is 36.4 Å². The van der Waals surface area contributed by atoms with Gasteiger partial charge >= 0.3 is 0 Å². The molecule has 1 aliphatic heterocycles. The first-order chi connectivity index (χ1) is 11.8. The molecule has 0 spiro atoms. The van der Waals surface area contributed by atoms with Gasteiger partial charge in [0.2, 0.25) is 0 Å². The van der Waals surface area contributed by atoms with Crippen LogP contribution in [0.15, 0.2) is 29.0 Å². The highest BCUT2D eigenvalue weighted by molar-refractivity contribution is 7.08. The number of aliphatic hydroxyl groups excluding tert-OH is 1. The van der Waals surface area contributed by atoms with E-state index in [1.54, 1.807) is 15.9 Å². The van der Waals surface area contributed by atoms with Gasteiger partial charge in [-0.1, -0.05) is 0 Å². The van der Waals surface area contributed by atoms with Crippen LogP contribution < -0.4 is 5.32 Å². The number of thiophene rings is 1. The minimum atomic E-state index is -0.0191. The molecule has 1 fully saturated rings. The maximum absolute atomic E-state index is 9.33. The van der Waals surface area contributed by atoms with Gasteiger partial charge < -0.3 is 15.2 Å². The van der Waals surface area contributed by atoms with Crippen molar-refractivity contribution < 1.29 is 9.84 Å². The van der Waals surface area contributed by atoms with E-state index >= 15 is 0 Å². The summed E-state index contributed by atoms with van der Waals surface area (Å²) in [5.74, 6) is 1.51. The Morgan fingerprint density at radius 1 is 1.33 bits per heavy atom. The predicted octanol–water partition coefficient (Wildman–Crippen LogP) is 2.05. The summed E-state index contributed by atoms with van der Waals surface area (Å²) in [6.45, 7) is 2.32. The van der Waals surface area contributed by atoms with Crippen LogP contribution in [-0.4, -0.2) is 51.3 Å². The maximum atomic E-state index is 9.33. The number of hydrogen-bond acceptors (Lipinski definition) is 7. The molecule has 0 amide bonds. The van der Waals surface area contributed by atoms with E-state index in [1.807, 2.05) is 29.0 Å². The average molecular weight is 345 g/mol. The van der Waals surface area contributed by atoms with E-state index in [4.69, 9.17) is 4.74 Å². The Labute approximate surface area is 143 Å². The summed E-state index contributed by atoms with van der Waals surface area (Å²) in [7, 11) is 0. The third-order valence-electron chi connectivity index (χ3n) is 4.51. The van der Waals surface area contributed by atoms with Crippen molar-refractivity contribution in [3.63, 3.8) is 0 Å². The third kappa shape index (κ3) is 2.88. The molecule has 7 nitrogen and oxygen atoms in total. The van der Waals surface area contributed by atoms with E-state index in [0.29, 0.717) is 6.61 Å². The summed E-state index contributed by atoms with van der Waals surface area (Å²) < 4.78 is 7.29. The molecule has 126 valence electrons. The molecule has 3 aromatic heterocycles. The van der Waals surface area contributed by atoms with E-state index in [-0.39, 0.29) is 12.0 Å². The molecule has 1 atom stereocenters. The highest BCUT2D eigenvalue weighted by Gasteiger charge is 2.34. The van der Waals surface area contributed by atoms with Gasteiger partial charge in [-0.15, -0.1) is 15.3 Å². The van der Waals surface area contributed by atoms with Crippen LogP contribution in [0.25, 0.3) is 17.0 Å². The Balaban J connectivity index is 1.57. The molecule has 1 saturated heterocycles. The molecule has 0 saturated carbocycles. The van der Waals surface area contributed by atoms with Crippen molar-refractivity contribution in [1.29, 1.82) is 0 Å². The van der Waals surface area contributed by atoms with Crippen LogP contribution in [0, 0.1) is 5.41 Å². The molecule has 1 aliphatic rings. The quantitative estimate of drug-likeness (QED) is 0.711. The number of nitrogens with zero attached hydrogens (tertiary/aromatic N) is 4. The zero-order valence-electron chi connectivity index (χ0n) is 13.2. The molecule has 0 aromatic carbocycles. The molecule has 0 radical (unpaired) electrons. The molecule has 1 unspecified atom stereocenters. The summed E-state index contributed by atoms with van der Waals surface area (Å²) >= 11 is 1.62. The monoisotopic (exact) mass is 345 g/mol. The lowest BCUT2D eigenvalue weighted by molar-refractivity contribution is 0.133. The molecule has 4 rings (SSSR count). The first-order valence-corrected chi connectivity index (χ1v) is 8.91. The highest BCUT2D eigenvalue weighted by atomic mass is 32.1. The SMILES string of the molecule is OCCC1(CNc2ccc3nnc(-c4ccsc4)n3n2)CCOC1. The molecular weight excluding hydrogens is 326 g/mol. The minimum absolute atomic E-state index is 0.0191. The van der Waals surface area contributed by atoms with Crippen LogP contribution in [0.5, 0.6) is 0 Å². The minimum Gasteiger partial charge on any atom is -0.396 e. The van der Waals surface area contributed by atoms with Gasteiger partial charge in [0.1, 0.15) is 5.82 Å². The molecule has 0 bridgehead atoms. The van der Waals surface area contributed by atoms with Gasteiger partial charge in [-0.2, -0.15) is 15.9 Å². The lowest BCUT2D eigenvalue weighted by Gasteiger charge is -2.26. The summed E-state index contributed by atoms with van der Waals surface area (Å²) in [6.07, 6.45) is 1.69. The number of aliphatic hydroxyl groups is 1. The van der Waals surface area contributed by atoms with Crippen LogP contribution in [0.4, 0.5) is 5.82 Å². The lowest BCUT2D eigenvalue weighted by atomic mass is 9.84. The number of rotatable bonds is 6. The van der Waals surface area contributed by atoms with Crippen molar-refractivity contribution in [2.45, 2.75) is 12.8 Å². The largest absolute Gasteiger partial charge is 0.396 e. The molecule has 0 aliphatic carbocycles. The van der Waals surface area contributed by atoms with E-state index in [0.717, 1.165) is 48.8 Å². The van der Waals surface area contributed by atoms with Crippen LogP contribution in [0.2, 0.25) is 0 Å². The number of hydrogen-bond donors (Lipinski definition) is 2. The number of aromatic nitrogens is 4. The van der Waals surface area contributed by atoms with Crippen molar-refractivity contribution in [3.05, 3.63) is 29.0 Å². The van der Waals surface area contributed by atoms with Gasteiger partial charge in [0.25, 0.3) is 0 Å². The Kier molecular flexibility index (Phi) is 4.17. The number of fused-ring (bicyclic) bond motifs is 1. The van der Waals surface area contributed by atoms with Gasteiger partial charge in [-0.3, -0.25) is 0 Å². The molecule has 8 heteroatoms. The van der Waals surface area contributed by atoms with Crippen LogP contribution in [-0.2, 0) is 4.74 Å². The van der Waals surface area contributed by atoms with Crippen molar-refractivity contribution in [2.75, 3.05) is 31.7 Å². The summed E-state index contributed by atoms with van der Waals surface area (Å²) in [6, 6.07) is 5.82. The molecular formula is C16H19N5O2S. The number of anilines is 1. The Bertz CT molecular complexity index is 811. The fourth-order valence-electron chi connectivity index (χ4n) is 3.04. The summed E-state index contributed by atoms with van der Waals surface area (Å²) in [5, 5.41) is 29.8. The van der Waals surface area contributed by atoms with E-state index in [9.17, 15) is 5.11 Å². The highest BCUT2D eigenvalue weighted by Crippen LogP contribution is 2.32. The first-order valence-electron chi connectivity index (χ1n) is 7.97. The Morgan fingerprint density at radius 2 is 2.29 bits per heavy atom. The average Bonchev–Trinajstić information content (AvgIpc) is 3.33. The molecule has 24 heavy (non-hydrogen) atoms. The van der Waals surface area contributed by atoms with Crippen molar-refractivity contribution in [3.8, 4) is 11.4 Å². The van der Waals surface area contributed by atoms with Crippen molar-refractivity contribution >= 4 is 22.8 Å². The Hall–Kier alpha value is -2.03. The maximum Gasteiger partial charge on any atom is 0.186 e. The summed E-state index contributed by atoms with van der Waals surface area (Å²) in [4.78, 5) is 0. The first kappa shape index (κ1) is 15.5. The van der Waals surface area contributed by atoms with Crippen molar-refractivity contribution in [2.24, 2.45) is 5.41 Å². The molecule has 3 aromatic rings. The molecule has 4 heterocycles. The van der Waals surface area contributed by atoms with Gasteiger partial charge in [0, 0.05) is 36.1 Å². The zero-order valence-corrected chi connectivity index (χ0v) is 14.0. The van der Waals surface area contributed by atoms with Gasteiger partial charge in [-0.25, -0.2) is 0 Å². The van der Waals surface area contributed by atoms with E-state index < -0.39 is 0 Å². The number of nitrogens with one attached hydrogen (secondary N) is 1. The second-order valence-electron chi connectivity index (χ2n) is 6.15. The molecule has 2 N–H and O–H groups in total. The van der Waals surface area contributed by atoms with E-state index in [1.165, 1.54) is 0 Å². The van der Waals surface area contributed by atoms with Crippen molar-refractivity contribution in [1.82, 2.24) is 19.8 Å². The van der Waals surface area contributed by atoms with Gasteiger partial charge in [0.05, 0.1) is 6.61 Å². The van der Waals surface area contributed by atoms with Crippen LogP contribution in [0.1, 0.15) is 12.8 Å². The second-order valence-corrected chi connectivity index (χ2v) is 6.93.